The summed E-state index contributed by atoms with van der Waals surface area (Å²) in [5, 5.41) is 19.7. The Hall–Kier alpha value is -3.66. The molecule has 0 atom stereocenters. The molecule has 6 nitrogen and oxygen atoms in total. The van der Waals surface area contributed by atoms with Gasteiger partial charge in [-0.25, -0.2) is 0 Å². The molecule has 0 bridgehead atoms. The second-order valence-electron chi connectivity index (χ2n) is 8.48. The smallest absolute Gasteiger partial charge is 0.161 e. The van der Waals surface area contributed by atoms with Crippen LogP contribution in [-0.2, 0) is 13.0 Å². The number of benzene rings is 2. The van der Waals surface area contributed by atoms with Gasteiger partial charge < -0.3 is 18.5 Å². The molecule has 0 aliphatic carbocycles. The van der Waals surface area contributed by atoms with Gasteiger partial charge in [-0.2, -0.15) is 5.26 Å². The molecule has 1 N–H and O–H groups in total. The molecule has 0 saturated carbocycles. The molecule has 8 heteroatoms. The van der Waals surface area contributed by atoms with Crippen LogP contribution in [0.1, 0.15) is 17.5 Å². The van der Waals surface area contributed by atoms with E-state index in [2.05, 4.69) is 6.07 Å². The minimum Gasteiger partial charge on any atom is -0.490 e. The standard InChI is InChI=1S/C27H19Cl2N3O3/c28-20-3-2-16(10-21(20)29)23-4-5-24(35-23)18-12-22-17-13-26-25(33-8-1-9-34-26)11-15(17)6-7-32(22)27(31)19(18)14-30/h2-5,10-13,31H,1,6-9H2. The van der Waals surface area contributed by atoms with Gasteiger partial charge in [-0.3, -0.25) is 5.41 Å². The van der Waals surface area contributed by atoms with Crippen LogP contribution >= 0.6 is 23.2 Å². The number of hydrogen-bond acceptors (Lipinski definition) is 5. The number of furan rings is 1. The Morgan fingerprint density at radius 1 is 0.886 bits per heavy atom. The lowest BCUT2D eigenvalue weighted by Gasteiger charge is -2.25. The minimum absolute atomic E-state index is 0.158. The molecule has 0 amide bonds. The van der Waals surface area contributed by atoms with Crippen LogP contribution in [0.4, 0.5) is 0 Å². The SMILES string of the molecule is N#Cc1c(-c2ccc(-c3ccc(Cl)c(Cl)c3)o2)cc2n(c1=N)CCc1cc3c(cc1-2)OCCCO3. The van der Waals surface area contributed by atoms with Crippen molar-refractivity contribution >= 4 is 23.2 Å². The van der Waals surface area contributed by atoms with Gasteiger partial charge in [0.15, 0.2) is 11.5 Å². The molecule has 4 heterocycles. The van der Waals surface area contributed by atoms with E-state index >= 15 is 0 Å². The lowest BCUT2D eigenvalue weighted by atomic mass is 9.94. The Balaban J connectivity index is 1.50. The maximum absolute atomic E-state index is 9.94. The number of nitrogens with zero attached hydrogens (tertiary/aromatic N) is 2. The van der Waals surface area contributed by atoms with Gasteiger partial charge in [0.25, 0.3) is 0 Å². The number of fused-ring (bicyclic) bond motifs is 4. The molecule has 0 spiro atoms. The van der Waals surface area contributed by atoms with Crippen molar-refractivity contribution in [1.82, 2.24) is 4.57 Å². The number of aromatic nitrogens is 1. The topological polar surface area (TPSA) is 84.2 Å². The lowest BCUT2D eigenvalue weighted by Crippen LogP contribution is -2.28. The van der Waals surface area contributed by atoms with E-state index in [0.29, 0.717) is 52.6 Å². The van der Waals surface area contributed by atoms with E-state index in [0.717, 1.165) is 41.0 Å². The van der Waals surface area contributed by atoms with Crippen LogP contribution in [0.3, 0.4) is 0 Å². The van der Waals surface area contributed by atoms with E-state index < -0.39 is 0 Å². The van der Waals surface area contributed by atoms with Crippen molar-refractivity contribution in [1.29, 1.82) is 10.7 Å². The maximum atomic E-state index is 9.94. The number of nitriles is 1. The Morgan fingerprint density at radius 3 is 2.43 bits per heavy atom. The van der Waals surface area contributed by atoms with Crippen molar-refractivity contribution in [3.8, 4) is 51.5 Å². The van der Waals surface area contributed by atoms with Crippen LogP contribution in [0, 0.1) is 16.7 Å². The van der Waals surface area contributed by atoms with Gasteiger partial charge in [0.2, 0.25) is 0 Å². The number of halogens is 2. The zero-order chi connectivity index (χ0) is 24.1. The molecule has 4 aromatic rings. The van der Waals surface area contributed by atoms with E-state index in [9.17, 15) is 5.26 Å². The first-order valence-corrected chi connectivity index (χ1v) is 12.0. The first-order valence-electron chi connectivity index (χ1n) is 11.2. The first-order chi connectivity index (χ1) is 17.0. The molecule has 0 saturated heterocycles. The number of aryl methyl sites for hydroxylation is 1. The molecule has 2 aromatic heterocycles. The van der Waals surface area contributed by atoms with E-state index in [4.69, 9.17) is 42.5 Å². The highest BCUT2D eigenvalue weighted by Crippen LogP contribution is 2.41. The third-order valence-electron chi connectivity index (χ3n) is 6.39. The van der Waals surface area contributed by atoms with Gasteiger partial charge in [-0.1, -0.05) is 23.2 Å². The second kappa shape index (κ2) is 8.53. The van der Waals surface area contributed by atoms with Gasteiger partial charge in [-0.15, -0.1) is 0 Å². The second-order valence-corrected chi connectivity index (χ2v) is 9.29. The third-order valence-corrected chi connectivity index (χ3v) is 7.13. The van der Waals surface area contributed by atoms with Crippen molar-refractivity contribution < 1.29 is 13.9 Å². The van der Waals surface area contributed by atoms with E-state index in [-0.39, 0.29) is 11.1 Å². The molecule has 2 aliphatic heterocycles. The minimum atomic E-state index is 0.158. The predicted molar refractivity (Wildman–Crippen MR) is 133 cm³/mol. The number of ether oxygens (including phenoxy) is 2. The molecule has 2 aromatic carbocycles. The van der Waals surface area contributed by atoms with Crippen LogP contribution in [0.15, 0.2) is 52.9 Å². The summed E-state index contributed by atoms with van der Waals surface area (Å²) < 4.78 is 19.8. The maximum Gasteiger partial charge on any atom is 0.161 e. The Labute approximate surface area is 211 Å². The Bertz CT molecular complexity index is 1600. The van der Waals surface area contributed by atoms with Crippen molar-refractivity contribution in [2.75, 3.05) is 13.2 Å². The highest BCUT2D eigenvalue weighted by molar-refractivity contribution is 6.42. The van der Waals surface area contributed by atoms with Gasteiger partial charge in [0, 0.05) is 29.7 Å². The molecule has 0 fully saturated rings. The summed E-state index contributed by atoms with van der Waals surface area (Å²) >= 11 is 12.2. The Kier molecular flexibility index (Phi) is 5.32. The summed E-state index contributed by atoms with van der Waals surface area (Å²) in [6.45, 7) is 1.82. The van der Waals surface area contributed by atoms with Crippen LogP contribution in [0.25, 0.3) is 33.9 Å². The number of rotatable bonds is 2. The van der Waals surface area contributed by atoms with Gasteiger partial charge >= 0.3 is 0 Å². The zero-order valence-electron chi connectivity index (χ0n) is 18.5. The Morgan fingerprint density at radius 2 is 1.66 bits per heavy atom. The van der Waals surface area contributed by atoms with Crippen molar-refractivity contribution in [3.63, 3.8) is 0 Å². The largest absolute Gasteiger partial charge is 0.490 e. The fourth-order valence-corrected chi connectivity index (χ4v) is 4.95. The summed E-state index contributed by atoms with van der Waals surface area (Å²) in [7, 11) is 0. The molecular weight excluding hydrogens is 485 g/mol. The number of hydrogen-bond donors (Lipinski definition) is 1. The third kappa shape index (κ3) is 3.68. The van der Waals surface area contributed by atoms with Crippen LogP contribution < -0.4 is 15.0 Å². The lowest BCUT2D eigenvalue weighted by molar-refractivity contribution is 0.297. The fourth-order valence-electron chi connectivity index (χ4n) is 4.65. The molecule has 35 heavy (non-hydrogen) atoms. The van der Waals surface area contributed by atoms with Gasteiger partial charge in [0.1, 0.15) is 28.6 Å². The van der Waals surface area contributed by atoms with E-state index in [1.54, 1.807) is 12.1 Å². The van der Waals surface area contributed by atoms with Crippen molar-refractivity contribution in [2.24, 2.45) is 0 Å². The molecular formula is C27H19Cl2N3O3. The monoisotopic (exact) mass is 503 g/mol. The van der Waals surface area contributed by atoms with Crippen LogP contribution in [-0.4, -0.2) is 17.8 Å². The molecule has 174 valence electrons. The average molecular weight is 504 g/mol. The summed E-state index contributed by atoms with van der Waals surface area (Å²) in [5.74, 6) is 2.55. The van der Waals surface area contributed by atoms with Gasteiger partial charge in [0.05, 0.1) is 29.0 Å². The normalized spacial score (nSPS) is 14.0. The summed E-state index contributed by atoms with van der Waals surface area (Å²) in [4.78, 5) is 0. The molecule has 0 radical (unpaired) electrons. The molecule has 6 rings (SSSR count). The van der Waals surface area contributed by atoms with Crippen molar-refractivity contribution in [3.05, 3.63) is 75.2 Å². The highest BCUT2D eigenvalue weighted by atomic mass is 35.5. The van der Waals surface area contributed by atoms with Gasteiger partial charge in [-0.05, 0) is 60.5 Å². The average Bonchev–Trinajstić information content (AvgIpc) is 3.24. The number of nitrogens with one attached hydrogen (secondary N) is 1. The fraction of sp³-hybridized carbons (Fsp3) is 0.185. The van der Waals surface area contributed by atoms with E-state index in [1.807, 2.05) is 41.0 Å². The molecule has 0 unspecified atom stereocenters. The summed E-state index contributed by atoms with van der Waals surface area (Å²) in [6.07, 6.45) is 1.57. The van der Waals surface area contributed by atoms with Crippen molar-refractivity contribution in [2.45, 2.75) is 19.4 Å². The van der Waals surface area contributed by atoms with Crippen LogP contribution in [0.2, 0.25) is 10.0 Å². The molecule has 2 aliphatic rings. The number of pyridine rings is 1. The quantitative estimate of drug-likeness (QED) is 0.340. The first kappa shape index (κ1) is 21.8. The highest BCUT2D eigenvalue weighted by Gasteiger charge is 2.25. The summed E-state index contributed by atoms with van der Waals surface area (Å²) in [6, 6.07) is 17.1. The zero-order valence-corrected chi connectivity index (χ0v) is 20.0. The van der Waals surface area contributed by atoms with Crippen LogP contribution in [0.5, 0.6) is 11.5 Å². The predicted octanol–water partition coefficient (Wildman–Crippen LogP) is 6.46. The van der Waals surface area contributed by atoms with E-state index in [1.165, 1.54) is 0 Å². The summed E-state index contributed by atoms with van der Waals surface area (Å²) in [5.41, 5.74) is 4.69.